The Morgan fingerprint density at radius 1 is 1.21 bits per heavy atom. The molecular formula is C17H19N7. The van der Waals surface area contributed by atoms with Crippen LogP contribution < -0.4 is 16.4 Å². The van der Waals surface area contributed by atoms with Crippen LogP contribution in [0, 0.1) is 5.41 Å². The van der Waals surface area contributed by atoms with Gasteiger partial charge < -0.3 is 21.8 Å². The highest BCUT2D eigenvalue weighted by atomic mass is 15.3. The first-order valence-electron chi connectivity index (χ1n) is 7.47. The summed E-state index contributed by atoms with van der Waals surface area (Å²) in [6.07, 6.45) is 1.19. The smallest absolute Gasteiger partial charge is 0.139 e. The zero-order chi connectivity index (χ0) is 17.1. The molecule has 7 heteroatoms. The van der Waals surface area contributed by atoms with Crippen molar-refractivity contribution in [2.75, 3.05) is 23.4 Å². The van der Waals surface area contributed by atoms with E-state index in [-0.39, 0.29) is 0 Å². The summed E-state index contributed by atoms with van der Waals surface area (Å²) in [7, 11) is 3.61. The Bertz CT molecular complexity index is 868. The molecule has 0 aliphatic rings. The summed E-state index contributed by atoms with van der Waals surface area (Å²) in [6.45, 7) is 0. The Balaban J connectivity index is 1.93. The van der Waals surface area contributed by atoms with Crippen molar-refractivity contribution in [2.24, 2.45) is 7.05 Å². The first-order chi connectivity index (χ1) is 11.6. The Hall–Kier alpha value is -3.35. The summed E-state index contributed by atoms with van der Waals surface area (Å²) < 4.78 is 1.75. The van der Waals surface area contributed by atoms with Crippen molar-refractivity contribution in [1.82, 2.24) is 14.8 Å². The van der Waals surface area contributed by atoms with E-state index in [4.69, 9.17) is 11.1 Å². The predicted molar refractivity (Wildman–Crippen MR) is 98.0 cm³/mol. The molecular weight excluding hydrogens is 302 g/mol. The lowest BCUT2D eigenvalue weighted by atomic mass is 10.1. The van der Waals surface area contributed by atoms with Crippen molar-refractivity contribution >= 4 is 29.4 Å². The first kappa shape index (κ1) is 15.5. The minimum atomic E-state index is 0.484. The predicted octanol–water partition coefficient (Wildman–Crippen LogP) is 2.85. The van der Waals surface area contributed by atoms with Gasteiger partial charge in [-0.3, -0.25) is 4.68 Å². The maximum Gasteiger partial charge on any atom is 0.139 e. The van der Waals surface area contributed by atoms with Gasteiger partial charge in [-0.15, -0.1) is 0 Å². The molecule has 3 rings (SSSR count). The molecule has 0 saturated carbocycles. The van der Waals surface area contributed by atoms with Crippen LogP contribution in [0.25, 0.3) is 11.3 Å². The SMILES string of the molecule is CNc1nc(Nc2cc(-c3ccccc3)nn2C)cc(N)c1C=N. The van der Waals surface area contributed by atoms with Crippen LogP contribution in [-0.2, 0) is 7.05 Å². The van der Waals surface area contributed by atoms with Gasteiger partial charge in [-0.2, -0.15) is 5.10 Å². The van der Waals surface area contributed by atoms with Crippen LogP contribution >= 0.6 is 0 Å². The molecule has 122 valence electrons. The standard InChI is InChI=1S/C17H19N7/c1-20-17-12(10-18)13(19)8-15(22-17)21-16-9-14(23-24(16)2)11-6-4-3-5-7-11/h3-10,18H,1-2H3,(H4,19,20,21,22). The molecule has 0 aliphatic heterocycles. The molecule has 0 amide bonds. The molecule has 2 aromatic heterocycles. The fourth-order valence-corrected chi connectivity index (χ4v) is 2.45. The van der Waals surface area contributed by atoms with E-state index in [1.807, 2.05) is 43.4 Å². The van der Waals surface area contributed by atoms with E-state index in [0.717, 1.165) is 17.1 Å². The van der Waals surface area contributed by atoms with E-state index in [2.05, 4.69) is 20.7 Å². The molecule has 24 heavy (non-hydrogen) atoms. The molecule has 3 aromatic rings. The average molecular weight is 321 g/mol. The molecule has 0 radical (unpaired) electrons. The number of aryl methyl sites for hydroxylation is 1. The average Bonchev–Trinajstić information content (AvgIpc) is 2.96. The van der Waals surface area contributed by atoms with Gasteiger partial charge in [0.2, 0.25) is 0 Å². The molecule has 7 nitrogen and oxygen atoms in total. The highest BCUT2D eigenvalue weighted by Crippen LogP contribution is 2.26. The third-order valence-corrected chi connectivity index (χ3v) is 3.68. The summed E-state index contributed by atoms with van der Waals surface area (Å²) in [5.74, 6) is 1.94. The number of pyridine rings is 1. The maximum atomic E-state index is 7.43. The number of anilines is 4. The third kappa shape index (κ3) is 2.91. The molecule has 2 heterocycles. The van der Waals surface area contributed by atoms with Crippen LogP contribution in [0.4, 0.5) is 23.1 Å². The number of aromatic nitrogens is 3. The largest absolute Gasteiger partial charge is 0.398 e. The van der Waals surface area contributed by atoms with Crippen LogP contribution in [-0.4, -0.2) is 28.0 Å². The van der Waals surface area contributed by atoms with Crippen LogP contribution in [0.3, 0.4) is 0 Å². The number of rotatable bonds is 5. The molecule has 1 aromatic carbocycles. The van der Waals surface area contributed by atoms with Crippen LogP contribution in [0.15, 0.2) is 42.5 Å². The lowest BCUT2D eigenvalue weighted by Gasteiger charge is -2.11. The lowest BCUT2D eigenvalue weighted by molar-refractivity contribution is 0.779. The zero-order valence-corrected chi connectivity index (χ0v) is 13.5. The third-order valence-electron chi connectivity index (χ3n) is 3.68. The highest BCUT2D eigenvalue weighted by Gasteiger charge is 2.11. The monoisotopic (exact) mass is 321 g/mol. The number of hydrogen-bond donors (Lipinski definition) is 4. The normalized spacial score (nSPS) is 10.4. The number of nitrogens with one attached hydrogen (secondary N) is 3. The number of nitrogens with zero attached hydrogens (tertiary/aromatic N) is 3. The van der Waals surface area contributed by atoms with Gasteiger partial charge in [-0.25, -0.2) is 4.98 Å². The highest BCUT2D eigenvalue weighted by molar-refractivity contribution is 5.92. The van der Waals surface area contributed by atoms with Crippen LogP contribution in [0.2, 0.25) is 0 Å². The van der Waals surface area contributed by atoms with Gasteiger partial charge in [0.1, 0.15) is 17.5 Å². The van der Waals surface area contributed by atoms with Gasteiger partial charge in [0.05, 0.1) is 11.3 Å². The number of hydrogen-bond acceptors (Lipinski definition) is 6. The number of nitrogen functional groups attached to an aromatic ring is 1. The first-order valence-corrected chi connectivity index (χ1v) is 7.47. The summed E-state index contributed by atoms with van der Waals surface area (Å²) in [6, 6.07) is 13.6. The Kier molecular flexibility index (Phi) is 4.15. The lowest BCUT2D eigenvalue weighted by Crippen LogP contribution is -2.07. The van der Waals surface area contributed by atoms with Gasteiger partial charge in [0, 0.05) is 43.7 Å². The van der Waals surface area contributed by atoms with Crippen LogP contribution in [0.1, 0.15) is 5.56 Å². The van der Waals surface area contributed by atoms with E-state index in [9.17, 15) is 0 Å². The molecule has 0 saturated heterocycles. The minimum absolute atomic E-state index is 0.484. The van der Waals surface area contributed by atoms with Gasteiger partial charge in [0.15, 0.2) is 0 Å². The quantitative estimate of drug-likeness (QED) is 0.541. The summed E-state index contributed by atoms with van der Waals surface area (Å²) in [5.41, 5.74) is 8.97. The van der Waals surface area contributed by atoms with Crippen LogP contribution in [0.5, 0.6) is 0 Å². The van der Waals surface area contributed by atoms with Crippen molar-refractivity contribution in [2.45, 2.75) is 0 Å². The van der Waals surface area contributed by atoms with Gasteiger partial charge >= 0.3 is 0 Å². The fraction of sp³-hybridized carbons (Fsp3) is 0.118. The summed E-state index contributed by atoms with van der Waals surface area (Å²) >= 11 is 0. The van der Waals surface area contributed by atoms with E-state index < -0.39 is 0 Å². The maximum absolute atomic E-state index is 7.43. The fourth-order valence-electron chi connectivity index (χ4n) is 2.45. The van der Waals surface area contributed by atoms with Crippen molar-refractivity contribution in [3.05, 3.63) is 48.0 Å². The van der Waals surface area contributed by atoms with Gasteiger partial charge in [-0.1, -0.05) is 30.3 Å². The van der Waals surface area contributed by atoms with E-state index in [1.54, 1.807) is 17.8 Å². The summed E-state index contributed by atoms with van der Waals surface area (Å²) in [4.78, 5) is 4.45. The Labute approximate surface area is 140 Å². The van der Waals surface area contributed by atoms with Gasteiger partial charge in [0.25, 0.3) is 0 Å². The molecule has 0 atom stereocenters. The van der Waals surface area contributed by atoms with Crippen molar-refractivity contribution in [3.8, 4) is 11.3 Å². The van der Waals surface area contributed by atoms with Crippen molar-refractivity contribution < 1.29 is 0 Å². The Morgan fingerprint density at radius 2 is 1.96 bits per heavy atom. The zero-order valence-electron chi connectivity index (χ0n) is 13.5. The van der Waals surface area contributed by atoms with Gasteiger partial charge in [-0.05, 0) is 0 Å². The minimum Gasteiger partial charge on any atom is -0.398 e. The molecule has 0 unspecified atom stereocenters. The molecule has 5 N–H and O–H groups in total. The molecule has 0 aliphatic carbocycles. The number of nitrogens with two attached hydrogens (primary N) is 1. The Morgan fingerprint density at radius 3 is 2.62 bits per heavy atom. The van der Waals surface area contributed by atoms with Crippen molar-refractivity contribution in [1.29, 1.82) is 5.41 Å². The number of benzene rings is 1. The van der Waals surface area contributed by atoms with E-state index in [1.165, 1.54) is 6.21 Å². The molecule has 0 fully saturated rings. The van der Waals surface area contributed by atoms with E-state index >= 15 is 0 Å². The van der Waals surface area contributed by atoms with Crippen molar-refractivity contribution in [3.63, 3.8) is 0 Å². The molecule has 0 spiro atoms. The molecule has 0 bridgehead atoms. The second kappa shape index (κ2) is 6.41. The second-order valence-corrected chi connectivity index (χ2v) is 5.28. The topological polar surface area (TPSA) is 105 Å². The summed E-state index contributed by atoms with van der Waals surface area (Å²) in [5, 5.41) is 18.1. The van der Waals surface area contributed by atoms with E-state index in [0.29, 0.717) is 22.9 Å². The second-order valence-electron chi connectivity index (χ2n) is 5.28.